The molecule has 1 atom stereocenters. The van der Waals surface area contributed by atoms with Crippen LogP contribution in [0.15, 0.2) is 29.6 Å². The smallest absolute Gasteiger partial charge is 0.350 e. The number of hydrogen-bond donors (Lipinski definition) is 1. The van der Waals surface area contributed by atoms with Crippen LogP contribution < -0.4 is 5.32 Å². The third kappa shape index (κ3) is 6.01. The molecule has 1 radical (unpaired) electrons. The Hall–Kier alpha value is -1.15. The minimum Gasteiger partial charge on any atom is -0.465 e. The van der Waals surface area contributed by atoms with E-state index in [0.29, 0.717) is 28.0 Å². The minimum atomic E-state index is -0.446. The second-order valence-electron chi connectivity index (χ2n) is 8.04. The molecule has 1 aliphatic heterocycles. The molecule has 2 heterocycles. The summed E-state index contributed by atoms with van der Waals surface area (Å²) < 4.78 is 19.3. The van der Waals surface area contributed by atoms with E-state index in [1.165, 1.54) is 24.5 Å². The summed E-state index contributed by atoms with van der Waals surface area (Å²) >= 11 is 1.27. The number of hydrogen-bond acceptors (Lipinski definition) is 4. The van der Waals surface area contributed by atoms with Gasteiger partial charge in [0.15, 0.2) is 6.04 Å². The summed E-state index contributed by atoms with van der Waals surface area (Å²) in [6.07, 6.45) is 3.91. The van der Waals surface area contributed by atoms with Gasteiger partial charge in [-0.05, 0) is 49.3 Å². The number of nitrogens with one attached hydrogen (secondary N) is 1. The van der Waals surface area contributed by atoms with Crippen LogP contribution in [0.3, 0.4) is 0 Å². The van der Waals surface area contributed by atoms with Crippen LogP contribution in [0, 0.1) is 12.7 Å². The fourth-order valence-corrected chi connectivity index (χ4v) is 5.51. The molecule has 1 aliphatic rings. The summed E-state index contributed by atoms with van der Waals surface area (Å²) in [7, 11) is 1.34. The molecule has 0 bridgehead atoms. The number of piperidine rings is 1. The van der Waals surface area contributed by atoms with Crippen LogP contribution in [0.4, 0.5) is 10.1 Å². The summed E-state index contributed by atoms with van der Waals surface area (Å²) in [6.45, 7) is 6.28. The van der Waals surface area contributed by atoms with E-state index < -0.39 is 5.97 Å². The number of carbonyl (C=O) groups excluding carboxylic acids is 2. The molecule has 31 heavy (non-hydrogen) atoms. The largest absolute Gasteiger partial charge is 0.465 e. The van der Waals surface area contributed by atoms with Crippen LogP contribution in [0.1, 0.15) is 53.4 Å². The molecule has 2 aromatic rings. The standard InChI is InChI=1S/C23H29FN2O3S.Y/c1-4-19(22(27)25-20-16(2)15-30-21(20)23(28)29-3)26(11-6-5-7-12-26)14-17-9-8-10-18(24)13-17;/h8-10,13,15,19H,4-7,11-12,14H2,1-3H3;/p+1. The first kappa shape index (κ1) is 26.1. The van der Waals surface area contributed by atoms with E-state index >= 15 is 0 Å². The zero-order valence-corrected chi connectivity index (χ0v) is 22.1. The number of likely N-dealkylation sites (tertiary alicyclic amines) is 1. The molecular weight excluding hydrogens is 492 g/mol. The number of ether oxygens (including phenoxy) is 1. The Balaban J connectivity index is 0.00000341. The van der Waals surface area contributed by atoms with E-state index in [1.54, 1.807) is 12.1 Å². The van der Waals surface area contributed by atoms with Crippen molar-refractivity contribution in [2.45, 2.75) is 52.1 Å². The van der Waals surface area contributed by atoms with Crippen molar-refractivity contribution in [1.29, 1.82) is 0 Å². The third-order valence-corrected chi connectivity index (χ3v) is 7.12. The van der Waals surface area contributed by atoms with Crippen molar-refractivity contribution in [3.8, 4) is 0 Å². The zero-order chi connectivity index (χ0) is 21.7. The van der Waals surface area contributed by atoms with Crippen LogP contribution in [-0.2, 0) is 48.8 Å². The van der Waals surface area contributed by atoms with E-state index in [0.717, 1.165) is 43.5 Å². The Morgan fingerprint density at radius 1 is 1.26 bits per heavy atom. The molecule has 1 saturated heterocycles. The summed E-state index contributed by atoms with van der Waals surface area (Å²) in [4.78, 5) is 26.0. The first-order chi connectivity index (χ1) is 14.4. The number of halogens is 1. The fraction of sp³-hybridized carbons (Fsp3) is 0.478. The number of anilines is 1. The van der Waals surface area contributed by atoms with E-state index in [9.17, 15) is 14.0 Å². The van der Waals surface area contributed by atoms with Gasteiger partial charge in [0.05, 0.1) is 25.9 Å². The van der Waals surface area contributed by atoms with Gasteiger partial charge < -0.3 is 14.5 Å². The number of thiophene rings is 1. The molecule has 0 aliphatic carbocycles. The predicted octanol–water partition coefficient (Wildman–Crippen LogP) is 4.90. The number of amides is 1. The maximum Gasteiger partial charge on any atom is 0.350 e. The van der Waals surface area contributed by atoms with E-state index in [-0.39, 0.29) is 50.5 Å². The van der Waals surface area contributed by atoms with Gasteiger partial charge in [-0.25, -0.2) is 9.18 Å². The Morgan fingerprint density at radius 2 is 1.97 bits per heavy atom. The molecule has 1 aromatic carbocycles. The van der Waals surface area contributed by atoms with Gasteiger partial charge >= 0.3 is 5.97 Å². The number of carbonyl (C=O) groups is 2. The Kier molecular flexibility index (Phi) is 9.80. The average molecular weight is 522 g/mol. The number of esters is 1. The molecule has 0 spiro atoms. The van der Waals surface area contributed by atoms with Crippen LogP contribution >= 0.6 is 11.3 Å². The fourth-order valence-electron chi connectivity index (χ4n) is 4.59. The quantitative estimate of drug-likeness (QED) is 0.416. The maximum absolute atomic E-state index is 13.8. The van der Waals surface area contributed by atoms with Gasteiger partial charge in [0.2, 0.25) is 0 Å². The van der Waals surface area contributed by atoms with Crippen molar-refractivity contribution < 1.29 is 55.9 Å². The molecule has 1 fully saturated rings. The number of quaternary nitrogens is 1. The number of methoxy groups -OCH3 is 1. The summed E-state index contributed by atoms with van der Waals surface area (Å²) in [6, 6.07) is 6.39. The van der Waals surface area contributed by atoms with Crippen molar-refractivity contribution in [2.75, 3.05) is 25.5 Å². The molecule has 1 unspecified atom stereocenters. The van der Waals surface area contributed by atoms with E-state index in [4.69, 9.17) is 4.74 Å². The van der Waals surface area contributed by atoms with Crippen molar-refractivity contribution >= 4 is 28.9 Å². The summed E-state index contributed by atoms with van der Waals surface area (Å²) in [5, 5.41) is 4.87. The molecular formula is C23H30FN2O3SY+. The van der Waals surface area contributed by atoms with E-state index in [2.05, 4.69) is 5.32 Å². The van der Waals surface area contributed by atoms with Crippen LogP contribution in [0.5, 0.6) is 0 Å². The number of aryl methyl sites for hydroxylation is 1. The Morgan fingerprint density at radius 3 is 2.58 bits per heavy atom. The Labute approximate surface area is 212 Å². The molecule has 0 saturated carbocycles. The van der Waals surface area contributed by atoms with Gasteiger partial charge in [-0.15, -0.1) is 11.3 Å². The van der Waals surface area contributed by atoms with Crippen molar-refractivity contribution in [3.05, 3.63) is 51.5 Å². The topological polar surface area (TPSA) is 55.4 Å². The first-order valence-electron chi connectivity index (χ1n) is 10.5. The molecule has 1 N–H and O–H groups in total. The number of rotatable bonds is 7. The summed E-state index contributed by atoms with van der Waals surface area (Å²) in [5.41, 5.74) is 2.29. The van der Waals surface area contributed by atoms with Crippen LogP contribution in [-0.4, -0.2) is 42.6 Å². The van der Waals surface area contributed by atoms with Crippen molar-refractivity contribution in [2.24, 2.45) is 0 Å². The van der Waals surface area contributed by atoms with Gasteiger partial charge in [-0.3, -0.25) is 4.79 Å². The van der Waals surface area contributed by atoms with Crippen molar-refractivity contribution in [3.63, 3.8) is 0 Å². The van der Waals surface area contributed by atoms with Gasteiger partial charge in [-0.2, -0.15) is 0 Å². The Bertz CT molecular complexity index is 912. The molecule has 8 heteroatoms. The van der Waals surface area contributed by atoms with Gasteiger partial charge in [0.1, 0.15) is 17.2 Å². The monoisotopic (exact) mass is 522 g/mol. The normalized spacial score (nSPS) is 16.1. The molecule has 165 valence electrons. The van der Waals surface area contributed by atoms with Crippen LogP contribution in [0.2, 0.25) is 0 Å². The second-order valence-corrected chi connectivity index (χ2v) is 8.92. The van der Waals surface area contributed by atoms with Gasteiger partial charge in [0, 0.05) is 44.7 Å². The van der Waals surface area contributed by atoms with Gasteiger partial charge in [-0.1, -0.05) is 19.1 Å². The number of benzene rings is 1. The first-order valence-corrected chi connectivity index (χ1v) is 11.4. The predicted molar refractivity (Wildman–Crippen MR) is 117 cm³/mol. The summed E-state index contributed by atoms with van der Waals surface area (Å²) in [5.74, 6) is -0.794. The van der Waals surface area contributed by atoms with Crippen molar-refractivity contribution in [1.82, 2.24) is 0 Å². The van der Waals surface area contributed by atoms with Gasteiger partial charge in [0.25, 0.3) is 5.91 Å². The third-order valence-electron chi connectivity index (χ3n) is 6.04. The maximum atomic E-state index is 13.8. The van der Waals surface area contributed by atoms with Crippen LogP contribution in [0.25, 0.3) is 0 Å². The molecule has 5 nitrogen and oxygen atoms in total. The SMILES string of the molecule is CCC(C(=O)Nc1c(C)csc1C(=O)OC)[N+]1(Cc2cccc(F)c2)CCCCC1.[Y]. The zero-order valence-electron chi connectivity index (χ0n) is 18.4. The average Bonchev–Trinajstić information content (AvgIpc) is 3.09. The molecule has 1 aromatic heterocycles. The van der Waals surface area contributed by atoms with E-state index in [1.807, 2.05) is 25.3 Å². The number of nitrogens with zero attached hydrogens (tertiary/aromatic N) is 1. The second kappa shape index (κ2) is 11.6. The molecule has 1 amide bonds. The molecule has 3 rings (SSSR count). The minimum absolute atomic E-state index is 0.